The van der Waals surface area contributed by atoms with Crippen LogP contribution >= 0.6 is 15.8 Å². The summed E-state index contributed by atoms with van der Waals surface area (Å²) in [5.74, 6) is 2.13. The van der Waals surface area contributed by atoms with Crippen molar-refractivity contribution in [2.75, 3.05) is 91.6 Å². The number of nitrogens with zero attached hydrogens (tertiary/aromatic N) is 6. The van der Waals surface area contributed by atoms with Gasteiger partial charge in [0.25, 0.3) is 0 Å². The van der Waals surface area contributed by atoms with Gasteiger partial charge in [-0.05, 0) is 179 Å². The molecule has 6 aliphatic heterocycles. The van der Waals surface area contributed by atoms with Crippen molar-refractivity contribution in [3.63, 3.8) is 0 Å². The van der Waals surface area contributed by atoms with Crippen LogP contribution in [-0.2, 0) is 63.5 Å². The standard InChI is InChI=1S/C27H46BN6.C26H24P2.6C4H8O.CHF3O3S.H2O.Ru/c1-16(2)22-13-25(19(7)8)32(29-22)28(33-26(20(9)10)14-23(30-33)17(3)4)34-27(21(11)12)15-24(31-34)18(5)6;1-5-13-23(14-6-1)27(24-15-7-2-8-16-24)21-22-28(25-17-9-3-10-18-25)26-19-11-4-12-20-26;6*1-2-4-5-3-1;2-1(3,4)8(5,6)7;;/h13-21,28H,1-12H3;1-20H,21-22H2;6*1-4H2;(H,5,6,7);1H2;/q-1;;;;;;;;;;+2/p+2. The minimum absolute atomic E-state index is 0. The van der Waals surface area contributed by atoms with Crippen molar-refractivity contribution in [2.24, 2.45) is 0 Å². The van der Waals surface area contributed by atoms with Crippen LogP contribution in [0.2, 0.25) is 0 Å². The second-order valence-electron chi connectivity index (χ2n) is 27.6. The van der Waals surface area contributed by atoms with E-state index >= 15 is 0 Å². The van der Waals surface area contributed by atoms with Crippen LogP contribution in [0.15, 0.2) is 140 Å². The van der Waals surface area contributed by atoms with Crippen molar-refractivity contribution in [2.45, 2.75) is 201 Å². The molecule has 0 bridgehead atoms. The third kappa shape index (κ3) is 33.5. The molecule has 0 radical (unpaired) electrons. The summed E-state index contributed by atoms with van der Waals surface area (Å²) in [7, 11) is -9.12. The van der Waals surface area contributed by atoms with Crippen LogP contribution in [-0.4, -0.2) is 146 Å². The molecule has 0 atom stereocenters. The van der Waals surface area contributed by atoms with Gasteiger partial charge in [-0.15, -0.1) is 0 Å². The van der Waals surface area contributed by atoms with E-state index in [-0.39, 0.29) is 25.0 Å². The average molecular weight is 1570 g/mol. The molecule has 16 nitrogen and oxygen atoms in total. The van der Waals surface area contributed by atoms with Gasteiger partial charge in [-0.3, -0.25) is 0 Å². The Balaban J connectivity index is 0.000000346. The molecule has 24 heteroatoms. The van der Waals surface area contributed by atoms with Gasteiger partial charge in [0.15, 0.2) is 10.1 Å². The van der Waals surface area contributed by atoms with E-state index in [1.807, 2.05) is 0 Å². The van der Waals surface area contributed by atoms with Crippen LogP contribution in [0.4, 0.5) is 13.2 Å². The molecule has 4 aromatic carbocycles. The van der Waals surface area contributed by atoms with Crippen LogP contribution in [0.5, 0.6) is 0 Å². The Morgan fingerprint density at radius 3 is 0.686 bits per heavy atom. The first-order valence-electron chi connectivity index (χ1n) is 36.9. The Bertz CT molecular complexity index is 2930. The number of alkyl halides is 3. The summed E-state index contributed by atoms with van der Waals surface area (Å²) in [5.41, 5.74) is 1.49. The molecule has 3 N–H and O–H groups in total. The van der Waals surface area contributed by atoms with Gasteiger partial charge in [-0.1, -0.05) is 156 Å². The first-order chi connectivity index (χ1) is 48.0. The fourth-order valence-corrected chi connectivity index (χ4v) is 17.6. The topological polar surface area (TPSA) is 199 Å². The van der Waals surface area contributed by atoms with Crippen molar-refractivity contribution >= 4 is 54.3 Å². The minimum atomic E-state index is -6.09. The number of rotatable bonds is 16. The van der Waals surface area contributed by atoms with E-state index in [2.05, 4.69) is 236 Å². The number of ether oxygens (including phenoxy) is 6. The summed E-state index contributed by atoms with van der Waals surface area (Å²) < 4.78 is 95.4. The number of hydrogen-bond acceptors (Lipinski definition) is 12. The molecule has 7 aromatic rings. The molecular weight excluding hydrogens is 1440 g/mol. The van der Waals surface area contributed by atoms with E-state index < -0.39 is 38.6 Å². The summed E-state index contributed by atoms with van der Waals surface area (Å²) >= 11 is 0. The molecule has 6 saturated heterocycles. The molecule has 570 valence electrons. The fourth-order valence-electron chi connectivity index (χ4n) is 11.4. The molecule has 0 saturated carbocycles. The van der Waals surface area contributed by atoms with Crippen LogP contribution in [0.1, 0.15) is 230 Å². The van der Waals surface area contributed by atoms with Gasteiger partial charge in [0.05, 0.1) is 54.1 Å². The summed E-state index contributed by atoms with van der Waals surface area (Å²) in [4.78, 5) is 0. The van der Waals surface area contributed by atoms with Gasteiger partial charge in [-0.2, -0.15) is 13.2 Å². The monoisotopic (exact) mass is 1570 g/mol. The van der Waals surface area contributed by atoms with Crippen molar-refractivity contribution < 1.29 is 79.5 Å². The Morgan fingerprint density at radius 2 is 0.559 bits per heavy atom. The number of hydrogen-bond donors (Lipinski definition) is 0. The van der Waals surface area contributed by atoms with Crippen molar-refractivity contribution in [3.8, 4) is 0 Å². The van der Waals surface area contributed by atoms with Gasteiger partial charge in [0.2, 0.25) is 0 Å². The summed E-state index contributed by atoms with van der Waals surface area (Å²) in [6.07, 6.45) is 17.9. The first kappa shape index (κ1) is 91.7. The van der Waals surface area contributed by atoms with Crippen LogP contribution in [0.25, 0.3) is 0 Å². The van der Waals surface area contributed by atoms with Crippen molar-refractivity contribution in [1.29, 1.82) is 0 Å². The van der Waals surface area contributed by atoms with Gasteiger partial charge in [-0.25, -0.2) is 23.7 Å². The van der Waals surface area contributed by atoms with Gasteiger partial charge < -0.3 is 52.2 Å². The predicted octanol–water partition coefficient (Wildman–Crippen LogP) is 15.3. The van der Waals surface area contributed by atoms with E-state index in [1.54, 1.807) is 0 Å². The Hall–Kier alpha value is -4.52. The first-order valence-corrected chi connectivity index (χ1v) is 41.7. The van der Waals surface area contributed by atoms with Crippen molar-refractivity contribution in [1.82, 2.24) is 29.1 Å². The molecule has 13 rings (SSSR count). The van der Waals surface area contributed by atoms with E-state index in [1.165, 1.54) is 128 Å². The quantitative estimate of drug-likeness (QED) is 0.0292. The van der Waals surface area contributed by atoms with Crippen LogP contribution < -0.4 is 21.2 Å². The van der Waals surface area contributed by atoms with E-state index in [0.717, 1.165) is 96.4 Å². The fraction of sp³-hybridized carbons (Fsp3) is 0.577. The molecule has 3 aromatic heterocycles. The maximum atomic E-state index is 10.7. The molecule has 0 spiro atoms. The molecule has 9 heterocycles. The van der Waals surface area contributed by atoms with Gasteiger partial charge in [0, 0.05) is 96.4 Å². The van der Waals surface area contributed by atoms with E-state index in [9.17, 15) is 13.2 Å². The van der Waals surface area contributed by atoms with Crippen LogP contribution in [0.3, 0.4) is 0 Å². The van der Waals surface area contributed by atoms with E-state index in [4.69, 9.17) is 56.7 Å². The predicted molar refractivity (Wildman–Crippen MR) is 416 cm³/mol. The zero-order chi connectivity index (χ0) is 72.7. The Labute approximate surface area is 625 Å². The van der Waals surface area contributed by atoms with Crippen molar-refractivity contribution in [3.05, 3.63) is 174 Å². The second-order valence-corrected chi connectivity index (χ2v) is 34.2. The molecule has 0 amide bonds. The third-order valence-corrected chi connectivity index (χ3v) is 23.9. The molecule has 0 aliphatic carbocycles. The van der Waals surface area contributed by atoms with E-state index in [0.29, 0.717) is 35.5 Å². The summed E-state index contributed by atoms with van der Waals surface area (Å²) in [5, 5.41) is 21.7. The van der Waals surface area contributed by atoms with Gasteiger partial charge >= 0.3 is 32.1 Å². The molecule has 6 fully saturated rings. The SMILES string of the molecule is C1CCOC1.C1CCOC1.C1CCOC1.C1CCOC1.C1CCOC1.C1CCOC1.CC(C)c1cc(C(C)C)n([BH-](n2nc(C(C)C)cc2C(C)C)n2nc(C(C)C)cc2C(C)C)n1.O=S(=O)([O-])C(F)(F)F.[OH3+].[Ru+2].c1ccc([PH+](CC[PH+](c2ccccc2)c2ccccc2)c2ccccc2)cc1. The normalized spacial score (nSPS) is 15.5. The maximum Gasteiger partial charge on any atom is 2.00 e. The average Bonchev–Trinajstić information content (AvgIpc) is 1.60. The smallest absolute Gasteiger partial charge is 0.741 e. The second kappa shape index (κ2) is 50.9. The summed E-state index contributed by atoms with van der Waals surface area (Å²) in [6, 6.07) is 51.4. The number of halogens is 3. The summed E-state index contributed by atoms with van der Waals surface area (Å²) in [6.45, 7) is 38.8. The Morgan fingerprint density at radius 1 is 0.382 bits per heavy atom. The van der Waals surface area contributed by atoms with Crippen LogP contribution in [0, 0.1) is 0 Å². The molecule has 6 aliphatic rings. The zero-order valence-corrected chi connectivity index (χ0v) is 67.7. The minimum Gasteiger partial charge on any atom is -0.741 e. The molecule has 102 heavy (non-hydrogen) atoms. The largest absolute Gasteiger partial charge is 2.00 e. The molecular formula is C78H123BF3N6O10P2RuS+3. The number of aromatic nitrogens is 6. The van der Waals surface area contributed by atoms with Gasteiger partial charge in [0.1, 0.15) is 12.3 Å². The Kier molecular flexibility index (Phi) is 45.7. The zero-order valence-electron chi connectivity index (χ0n) is 63.2. The number of benzene rings is 4. The molecule has 0 unspecified atom stereocenters. The third-order valence-electron chi connectivity index (χ3n) is 17.2. The maximum absolute atomic E-state index is 10.7.